The van der Waals surface area contributed by atoms with E-state index in [1.54, 1.807) is 65.7 Å². The molecule has 558 valence electrons. The first-order chi connectivity index (χ1) is 47.7. The van der Waals surface area contributed by atoms with Crippen molar-refractivity contribution in [3.63, 3.8) is 0 Å². The van der Waals surface area contributed by atoms with E-state index in [1.807, 2.05) is 0 Å². The second-order valence-corrected chi connectivity index (χ2v) is 26.9. The molecule has 2 aliphatic rings. The van der Waals surface area contributed by atoms with Gasteiger partial charge in [-0.2, -0.15) is 0 Å². The number of nitrogens with one attached hydrogen (secondary N) is 9. The molecule has 2 saturated heterocycles. The molecule has 3 aromatic carbocycles. The molecule has 33 nitrogen and oxygen atoms in total. The summed E-state index contributed by atoms with van der Waals surface area (Å²) in [5.41, 5.74) is 7.91. The zero-order chi connectivity index (χ0) is 73.0. The zero-order valence-corrected chi connectivity index (χ0v) is 58.8. The number of carboxylic acid groups (broad SMARTS) is 4. The van der Waals surface area contributed by atoms with Gasteiger partial charge in [0.2, 0.25) is 47.3 Å². The minimum atomic E-state index is -2.03. The number of carbonyl (C=O) groups is 12. The van der Waals surface area contributed by atoms with Gasteiger partial charge in [-0.05, 0) is 74.5 Å². The van der Waals surface area contributed by atoms with Crippen molar-refractivity contribution in [2.75, 3.05) is 96.6 Å². The number of hydrogen-bond acceptors (Lipinski definition) is 26. The molecule has 36 heteroatoms. The van der Waals surface area contributed by atoms with Crippen molar-refractivity contribution in [1.82, 2.24) is 67.1 Å². The number of benzene rings is 3. The van der Waals surface area contributed by atoms with Crippen LogP contribution in [0.3, 0.4) is 0 Å². The number of carbonyl (C=O) groups excluding carboxylic acids is 12. The van der Waals surface area contributed by atoms with Crippen molar-refractivity contribution >= 4 is 104 Å². The smallest absolute Gasteiger partial charge is 0.549 e. The molecular formula is C65H86LuN14O19S2-. The van der Waals surface area contributed by atoms with Crippen LogP contribution in [0.25, 0.3) is 10.9 Å². The Morgan fingerprint density at radius 1 is 0.594 bits per heavy atom. The second kappa shape index (κ2) is 42.7. The topological polar surface area (TPSA) is 509 Å². The maximum absolute atomic E-state index is 15.3. The number of fused-ring (bicyclic) bond motifs is 1. The Kier molecular flexibility index (Phi) is 35.5. The van der Waals surface area contributed by atoms with Gasteiger partial charge in [0.05, 0.1) is 48.7 Å². The quantitative estimate of drug-likeness (QED) is 0.0205. The number of aliphatic carboxylic acids is 4. The summed E-state index contributed by atoms with van der Waals surface area (Å²) >= 11 is 0. The van der Waals surface area contributed by atoms with Crippen LogP contribution in [0.1, 0.15) is 49.8 Å². The Morgan fingerprint density at radius 3 is 1.65 bits per heavy atom. The summed E-state index contributed by atoms with van der Waals surface area (Å²) in [7, 11) is 1.61. The van der Waals surface area contributed by atoms with E-state index < -0.39 is 169 Å². The van der Waals surface area contributed by atoms with Gasteiger partial charge in [0.1, 0.15) is 48.0 Å². The average molecular weight is 1610 g/mol. The SMILES string of the molecule is C[C@@H](O)[C@H](NC(=O)[C@@H]1CSSC[C@H](NC(=O)[C@@H](Cc2ccccc2)NC(=O)CN2CCN(CC(=O)[O-])CCN(CC(=O)[O-])CCN(CC(=O)[O-])CC2)C(=O)N[C@H](Cc2ccc(O)cc2)C(=O)N[C@H](Cc2c[nH]c3ccccc23)C(=O)N[C@@H](CCCCN)C(=O)N[C@@H]([C@@H](C)O)C(=O)N1)C(=O)[O-].[177Lu+3]. The molecule has 2 fully saturated rings. The van der Waals surface area contributed by atoms with Gasteiger partial charge in [-0.3, -0.25) is 58.0 Å². The number of hydrogen-bond donors (Lipinski definition) is 13. The zero-order valence-electron chi connectivity index (χ0n) is 55.5. The summed E-state index contributed by atoms with van der Waals surface area (Å²) in [5.74, 6) is -15.3. The number of nitrogens with zero attached hydrogens (tertiary/aromatic N) is 4. The number of para-hydroxylation sites is 1. The Balaban J connectivity index is 0.0000184. The molecule has 8 amide bonds. The molecule has 1 aromatic heterocycles. The number of rotatable bonds is 26. The number of amides is 8. The average Bonchev–Trinajstić information content (AvgIpc) is 1.75. The van der Waals surface area contributed by atoms with E-state index in [1.165, 1.54) is 39.0 Å². The predicted octanol–water partition coefficient (Wildman–Crippen LogP) is -8.71. The van der Waals surface area contributed by atoms with Crippen LogP contribution < -0.4 is 68.7 Å². The molecule has 101 heavy (non-hydrogen) atoms. The molecule has 0 bridgehead atoms. The molecule has 4 aromatic rings. The van der Waals surface area contributed by atoms with Crippen LogP contribution in [-0.4, -0.2) is 268 Å². The number of aromatic nitrogens is 1. The molecule has 0 saturated carbocycles. The maximum atomic E-state index is 15.3. The number of carboxylic acids is 4. The number of aliphatic hydroxyl groups is 2. The van der Waals surface area contributed by atoms with Crippen LogP contribution in [0.4, 0.5) is 0 Å². The van der Waals surface area contributed by atoms with E-state index in [0.29, 0.717) is 34.0 Å². The first kappa shape index (κ1) is 84.0. The molecule has 2 aliphatic heterocycles. The number of aromatic hydroxyl groups is 1. The van der Waals surface area contributed by atoms with E-state index in [-0.39, 0.29) is 134 Å². The second-order valence-electron chi connectivity index (χ2n) is 24.4. The summed E-state index contributed by atoms with van der Waals surface area (Å²) in [6.07, 6.45) is -2.09. The monoisotopic (exact) mass is 1610 g/mol. The number of aliphatic hydroxyl groups excluding tert-OH is 2. The number of phenols is 1. The molecule has 0 radical (unpaired) electrons. The fourth-order valence-electron chi connectivity index (χ4n) is 11.1. The van der Waals surface area contributed by atoms with Crippen LogP contribution in [0.5, 0.6) is 5.75 Å². The number of nitrogens with two attached hydrogens (primary N) is 1. The number of unbranched alkanes of at least 4 members (excludes halogenated alkanes) is 1. The Labute approximate surface area is 619 Å². The summed E-state index contributed by atoms with van der Waals surface area (Å²) in [4.78, 5) is 175. The van der Waals surface area contributed by atoms with Gasteiger partial charge in [0.25, 0.3) is 0 Å². The molecule has 3 heterocycles. The first-order valence-corrected chi connectivity index (χ1v) is 34.9. The molecule has 0 aliphatic carbocycles. The Morgan fingerprint density at radius 2 is 1.11 bits per heavy atom. The van der Waals surface area contributed by atoms with Crippen molar-refractivity contribution in [1.29, 1.82) is 0 Å². The Hall–Kier alpha value is -7.71. The van der Waals surface area contributed by atoms with Crippen molar-refractivity contribution < 1.29 is 130 Å². The van der Waals surface area contributed by atoms with Gasteiger partial charge in [-0.25, -0.2) is 0 Å². The summed E-state index contributed by atoms with van der Waals surface area (Å²) in [6.45, 7) is 0.262. The van der Waals surface area contributed by atoms with Gasteiger partial charge >= 0.3 is 36.9 Å². The third-order valence-corrected chi connectivity index (χ3v) is 18.9. The van der Waals surface area contributed by atoms with Crippen molar-refractivity contribution in [3.8, 4) is 5.75 Å². The normalized spacial score (nSPS) is 21.7. The van der Waals surface area contributed by atoms with Crippen LogP contribution in [-0.2, 0) is 76.8 Å². The summed E-state index contributed by atoms with van der Waals surface area (Å²) < 4.78 is 0. The summed E-state index contributed by atoms with van der Waals surface area (Å²) in [6, 6.07) is 7.52. The molecule has 0 unspecified atom stereocenters. The van der Waals surface area contributed by atoms with Gasteiger partial charge in [-0.15, -0.1) is 0 Å². The third kappa shape index (κ3) is 28.6. The van der Waals surface area contributed by atoms with Crippen molar-refractivity contribution in [2.24, 2.45) is 5.73 Å². The molecule has 6 rings (SSSR count). The summed E-state index contributed by atoms with van der Waals surface area (Å²) in [5, 5.41) is 101. The standard InChI is InChI=1S/C65H90N14O19S2.Lu/c1-38(80)56-64(96)73-51(63(95)75-57(39(2)81)65(97)98)37-100-99-36-50(72-59(91)47(28-40-10-4-3-5-11-40)68-52(83)32-76-20-22-77(33-53(84)85)24-26-79(35-55(88)89)27-25-78(23-21-76)34-54(86)87)62(94)70-48(29-41-15-17-43(82)18-16-41)60(92)71-49(30-42-31-67-45-13-7-6-12-44(42)45)61(93)69-46(58(90)74-56)14-8-9-19-66;/h3-7,10-13,15-18,31,38-39,46-51,56-57,67,80-82H,8-9,14,19-30,32-37,66H2,1-2H3,(H,68,83)(H,69,93)(H,70,94)(H,71,92)(H,72,91)(H,73,96)(H,74,90)(H,75,95)(H,84,85)(H,86,87)(H,88,89)(H,97,98);/q;+3/p-4/t38-,39-,46+,47-,48-,49-,50+,51+,56+,57+;/m1./s1/i;1+2. The molecule has 10 atom stereocenters. The van der Waals surface area contributed by atoms with Crippen LogP contribution in [0.15, 0.2) is 85.1 Å². The van der Waals surface area contributed by atoms with Crippen molar-refractivity contribution in [3.05, 3.63) is 102 Å². The number of phenolic OH excluding ortho intramolecular Hbond substituents is 1. The molecule has 0 spiro atoms. The van der Waals surface area contributed by atoms with E-state index in [2.05, 4.69) is 47.5 Å². The maximum Gasteiger partial charge on any atom is 3.00 e. The Bertz CT molecular complexity index is 3420. The predicted molar refractivity (Wildman–Crippen MR) is 356 cm³/mol. The van der Waals surface area contributed by atoms with Crippen LogP contribution in [0, 0.1) is 36.9 Å². The van der Waals surface area contributed by atoms with Crippen molar-refractivity contribution in [2.45, 2.75) is 113 Å². The van der Waals surface area contributed by atoms with Crippen LogP contribution in [0.2, 0.25) is 0 Å². The van der Waals surface area contributed by atoms with E-state index >= 15 is 14.4 Å². The van der Waals surface area contributed by atoms with E-state index in [4.69, 9.17) is 5.73 Å². The van der Waals surface area contributed by atoms with Gasteiger partial charge in [0, 0.05) is 120 Å². The largest absolute Gasteiger partial charge is 3.00 e. The number of aromatic amines is 1. The third-order valence-electron chi connectivity index (χ3n) is 16.5. The van der Waals surface area contributed by atoms with Gasteiger partial charge in [-0.1, -0.05) is 82.3 Å². The minimum absolute atomic E-state index is 0. The van der Waals surface area contributed by atoms with Gasteiger partial charge in [0.15, 0.2) is 0 Å². The molecular weight excluding hydrogens is 1520 g/mol. The minimum Gasteiger partial charge on any atom is -0.549 e. The van der Waals surface area contributed by atoms with Gasteiger partial charge < -0.3 is 108 Å². The molecule has 14 N–H and O–H groups in total. The fraction of sp³-hybridized carbons (Fsp3) is 0.508. The van der Waals surface area contributed by atoms with E-state index in [0.717, 1.165) is 35.4 Å². The van der Waals surface area contributed by atoms with E-state index in [9.17, 15) is 78.9 Å². The van der Waals surface area contributed by atoms with Crippen LogP contribution >= 0.6 is 21.6 Å². The fourth-order valence-corrected chi connectivity index (χ4v) is 13.4. The number of H-pyrrole nitrogens is 1. The first-order valence-electron chi connectivity index (χ1n) is 32.5.